The molecule has 2 fully saturated rings. The third-order valence-corrected chi connectivity index (χ3v) is 5.01. The molecule has 0 spiro atoms. The van der Waals surface area contributed by atoms with Crippen LogP contribution in [0.3, 0.4) is 0 Å². The molecule has 0 radical (unpaired) electrons. The Bertz CT molecular complexity index is 379. The van der Waals surface area contributed by atoms with Gasteiger partial charge in [-0.25, -0.2) is 0 Å². The molecule has 2 unspecified atom stereocenters. The Balaban J connectivity index is 0.00000338. The van der Waals surface area contributed by atoms with Crippen molar-refractivity contribution in [2.45, 2.75) is 51.6 Å². The number of ether oxygens (including phenoxy) is 2. The number of hydrogen-bond acceptors (Lipinski definition) is 4. The number of aliphatic imine (C=N–C) groups is 1. The van der Waals surface area contributed by atoms with Crippen molar-refractivity contribution in [2.24, 2.45) is 10.9 Å². The molecule has 0 aliphatic carbocycles. The third-order valence-electron chi connectivity index (χ3n) is 5.01. The van der Waals surface area contributed by atoms with E-state index in [1.165, 1.54) is 45.3 Å². The second kappa shape index (κ2) is 14.9. The highest BCUT2D eigenvalue weighted by Gasteiger charge is 2.16. The molecule has 26 heavy (non-hydrogen) atoms. The van der Waals surface area contributed by atoms with Gasteiger partial charge in [-0.1, -0.05) is 6.92 Å². The molecule has 7 heteroatoms. The van der Waals surface area contributed by atoms with Crippen LogP contribution in [0.2, 0.25) is 0 Å². The van der Waals surface area contributed by atoms with Gasteiger partial charge >= 0.3 is 0 Å². The minimum absolute atomic E-state index is 0. The topological polar surface area (TPSA) is 58.1 Å². The van der Waals surface area contributed by atoms with Gasteiger partial charge in [-0.2, -0.15) is 0 Å². The highest BCUT2D eigenvalue weighted by molar-refractivity contribution is 14.0. The summed E-state index contributed by atoms with van der Waals surface area (Å²) in [5.41, 5.74) is 0. The number of rotatable bonds is 10. The zero-order chi connectivity index (χ0) is 17.7. The maximum absolute atomic E-state index is 5.77. The van der Waals surface area contributed by atoms with Crippen LogP contribution in [0, 0.1) is 5.92 Å². The second-order valence-corrected chi connectivity index (χ2v) is 7.39. The van der Waals surface area contributed by atoms with Gasteiger partial charge in [-0.3, -0.25) is 4.99 Å². The highest BCUT2D eigenvalue weighted by atomic mass is 127. The smallest absolute Gasteiger partial charge is 0.190 e. The lowest BCUT2D eigenvalue weighted by atomic mass is 10.0. The molecular formula is C19H39IN4O2. The number of nitrogens with zero attached hydrogens (tertiary/aromatic N) is 2. The van der Waals surface area contributed by atoms with Gasteiger partial charge in [0.05, 0.1) is 12.7 Å². The van der Waals surface area contributed by atoms with Crippen LogP contribution in [0.25, 0.3) is 0 Å². The summed E-state index contributed by atoms with van der Waals surface area (Å²) in [7, 11) is 1.83. The fourth-order valence-corrected chi connectivity index (χ4v) is 3.55. The molecule has 2 heterocycles. The molecule has 0 aromatic rings. The minimum Gasteiger partial charge on any atom is -0.379 e. The predicted molar refractivity (Wildman–Crippen MR) is 119 cm³/mol. The highest BCUT2D eigenvalue weighted by Crippen LogP contribution is 2.15. The standard InChI is InChI=1S/C19H38N4O2.HI/c1-17-7-5-12-23(15-17)11-4-3-9-21-19(20-2)22-10-6-13-25-18-8-14-24-16-18;/h17-18H,3-16H2,1-2H3,(H2,20,21,22);1H. The van der Waals surface area contributed by atoms with E-state index in [4.69, 9.17) is 9.47 Å². The summed E-state index contributed by atoms with van der Waals surface area (Å²) in [6.07, 6.45) is 7.55. The first kappa shape index (κ1) is 23.9. The van der Waals surface area contributed by atoms with Crippen molar-refractivity contribution < 1.29 is 9.47 Å². The molecule has 2 atom stereocenters. The number of guanidine groups is 1. The summed E-state index contributed by atoms with van der Waals surface area (Å²) in [6.45, 7) is 10.4. The van der Waals surface area contributed by atoms with Crippen molar-refractivity contribution >= 4 is 29.9 Å². The Labute approximate surface area is 176 Å². The SMILES string of the molecule is CN=C(NCCCCN1CCCC(C)C1)NCCCOC1CCOC1.I. The Morgan fingerprint density at radius 1 is 1.19 bits per heavy atom. The van der Waals surface area contributed by atoms with Gasteiger partial charge in [-0.05, 0) is 57.5 Å². The minimum atomic E-state index is 0. The zero-order valence-electron chi connectivity index (χ0n) is 16.7. The Kier molecular flexibility index (Phi) is 13.7. The van der Waals surface area contributed by atoms with E-state index in [1.54, 1.807) is 0 Å². The van der Waals surface area contributed by atoms with Gasteiger partial charge in [-0.15, -0.1) is 24.0 Å². The maximum Gasteiger partial charge on any atom is 0.190 e. The number of likely N-dealkylation sites (tertiary alicyclic amines) is 1. The zero-order valence-corrected chi connectivity index (χ0v) is 19.0. The van der Waals surface area contributed by atoms with Crippen LogP contribution in [0.4, 0.5) is 0 Å². The average Bonchev–Trinajstić information content (AvgIpc) is 3.13. The lowest BCUT2D eigenvalue weighted by Gasteiger charge is -2.30. The first-order chi connectivity index (χ1) is 12.3. The Morgan fingerprint density at radius 3 is 2.69 bits per heavy atom. The Morgan fingerprint density at radius 2 is 2.00 bits per heavy atom. The fourth-order valence-electron chi connectivity index (χ4n) is 3.55. The molecule has 2 N–H and O–H groups in total. The quantitative estimate of drug-likeness (QED) is 0.217. The number of hydrogen-bond donors (Lipinski definition) is 2. The molecular weight excluding hydrogens is 443 g/mol. The Hall–Kier alpha value is -0.120. The monoisotopic (exact) mass is 482 g/mol. The molecule has 2 aliphatic rings. The van der Waals surface area contributed by atoms with Crippen LogP contribution in [-0.2, 0) is 9.47 Å². The van der Waals surface area contributed by atoms with Crippen LogP contribution in [-0.4, -0.2) is 76.6 Å². The summed E-state index contributed by atoms with van der Waals surface area (Å²) in [5, 5.41) is 6.77. The van der Waals surface area contributed by atoms with Crippen molar-refractivity contribution in [1.29, 1.82) is 0 Å². The molecule has 154 valence electrons. The molecule has 0 aromatic heterocycles. The third kappa shape index (κ3) is 10.3. The summed E-state index contributed by atoms with van der Waals surface area (Å²) < 4.78 is 11.1. The van der Waals surface area contributed by atoms with E-state index in [0.29, 0.717) is 6.10 Å². The van der Waals surface area contributed by atoms with Crippen molar-refractivity contribution in [3.63, 3.8) is 0 Å². The van der Waals surface area contributed by atoms with E-state index < -0.39 is 0 Å². The molecule has 2 saturated heterocycles. The van der Waals surface area contributed by atoms with Gasteiger partial charge < -0.3 is 25.0 Å². The van der Waals surface area contributed by atoms with Crippen LogP contribution in [0.5, 0.6) is 0 Å². The largest absolute Gasteiger partial charge is 0.379 e. The first-order valence-electron chi connectivity index (χ1n) is 10.1. The van der Waals surface area contributed by atoms with E-state index in [9.17, 15) is 0 Å². The normalized spacial score (nSPS) is 24.3. The molecule has 0 aromatic carbocycles. The molecule has 2 rings (SSSR count). The maximum atomic E-state index is 5.77. The van der Waals surface area contributed by atoms with Gasteiger partial charge in [0, 0.05) is 39.9 Å². The second-order valence-electron chi connectivity index (χ2n) is 7.39. The van der Waals surface area contributed by atoms with Crippen LogP contribution in [0.1, 0.15) is 45.4 Å². The molecule has 6 nitrogen and oxygen atoms in total. The number of unbranched alkanes of at least 4 members (excludes halogenated alkanes) is 1. The van der Waals surface area contributed by atoms with Crippen LogP contribution < -0.4 is 10.6 Å². The lowest BCUT2D eigenvalue weighted by Crippen LogP contribution is -2.39. The lowest BCUT2D eigenvalue weighted by molar-refractivity contribution is 0.0420. The molecule has 2 aliphatic heterocycles. The fraction of sp³-hybridized carbons (Fsp3) is 0.947. The van der Waals surface area contributed by atoms with E-state index in [-0.39, 0.29) is 24.0 Å². The van der Waals surface area contributed by atoms with Gasteiger partial charge in [0.15, 0.2) is 5.96 Å². The van der Waals surface area contributed by atoms with Crippen molar-refractivity contribution in [3.05, 3.63) is 0 Å². The predicted octanol–water partition coefficient (Wildman–Crippen LogP) is 2.48. The van der Waals surface area contributed by atoms with E-state index in [2.05, 4.69) is 27.4 Å². The summed E-state index contributed by atoms with van der Waals surface area (Å²) >= 11 is 0. The van der Waals surface area contributed by atoms with Crippen LogP contribution in [0.15, 0.2) is 4.99 Å². The van der Waals surface area contributed by atoms with Crippen LogP contribution >= 0.6 is 24.0 Å². The van der Waals surface area contributed by atoms with Crippen molar-refractivity contribution in [3.8, 4) is 0 Å². The van der Waals surface area contributed by atoms with Crippen molar-refractivity contribution in [1.82, 2.24) is 15.5 Å². The summed E-state index contributed by atoms with van der Waals surface area (Å²) in [6, 6.07) is 0. The number of piperidine rings is 1. The number of nitrogens with one attached hydrogen (secondary N) is 2. The van der Waals surface area contributed by atoms with E-state index >= 15 is 0 Å². The molecule has 0 bridgehead atoms. The first-order valence-corrected chi connectivity index (χ1v) is 10.1. The van der Waals surface area contributed by atoms with Gasteiger partial charge in [0.1, 0.15) is 0 Å². The molecule has 0 amide bonds. The van der Waals surface area contributed by atoms with Gasteiger partial charge in [0.2, 0.25) is 0 Å². The summed E-state index contributed by atoms with van der Waals surface area (Å²) in [4.78, 5) is 6.91. The summed E-state index contributed by atoms with van der Waals surface area (Å²) in [5.74, 6) is 1.77. The molecule has 0 saturated carbocycles. The number of halogens is 1. The average molecular weight is 482 g/mol. The van der Waals surface area contributed by atoms with E-state index in [1.807, 2.05) is 7.05 Å². The van der Waals surface area contributed by atoms with Crippen molar-refractivity contribution in [2.75, 3.05) is 59.6 Å². The van der Waals surface area contributed by atoms with E-state index in [0.717, 1.165) is 57.6 Å². The van der Waals surface area contributed by atoms with Gasteiger partial charge in [0.25, 0.3) is 0 Å².